The predicted molar refractivity (Wildman–Crippen MR) is 73.7 cm³/mol. The summed E-state index contributed by atoms with van der Waals surface area (Å²) in [6.07, 6.45) is 0.325. The summed E-state index contributed by atoms with van der Waals surface area (Å²) in [7, 11) is 0. The van der Waals surface area contributed by atoms with Crippen LogP contribution < -0.4 is 0 Å². The molecule has 1 aromatic heterocycles. The highest BCUT2D eigenvalue weighted by atomic mass is 35.5. The van der Waals surface area contributed by atoms with E-state index in [1.54, 1.807) is 0 Å². The van der Waals surface area contributed by atoms with Gasteiger partial charge in [-0.1, -0.05) is 25.4 Å². The molecule has 0 spiro atoms. The van der Waals surface area contributed by atoms with E-state index < -0.39 is 16.6 Å². The Kier molecular flexibility index (Phi) is 4.22. The van der Waals surface area contributed by atoms with E-state index in [1.807, 2.05) is 13.8 Å². The molecule has 0 amide bonds. The highest BCUT2D eigenvalue weighted by molar-refractivity contribution is 6.32. The molecule has 0 radical (unpaired) electrons. The van der Waals surface area contributed by atoms with Crippen LogP contribution in [0.25, 0.3) is 5.69 Å². The fraction of sp³-hybridized carbons (Fsp3) is 0.308. The van der Waals surface area contributed by atoms with Crippen LogP contribution in [0.3, 0.4) is 0 Å². The van der Waals surface area contributed by atoms with Gasteiger partial charge in [0, 0.05) is 12.5 Å². The zero-order valence-corrected chi connectivity index (χ0v) is 12.1. The summed E-state index contributed by atoms with van der Waals surface area (Å²) in [5, 5.41) is 14.8. The van der Waals surface area contributed by atoms with Gasteiger partial charge in [-0.15, -0.1) is 0 Å². The molecular formula is C13H12ClF2N3O2. The summed E-state index contributed by atoms with van der Waals surface area (Å²) < 4.78 is 27.7. The van der Waals surface area contributed by atoms with Crippen LogP contribution in [0.1, 0.15) is 19.5 Å². The Morgan fingerprint density at radius 2 is 2.10 bits per heavy atom. The highest BCUT2D eigenvalue weighted by Crippen LogP contribution is 2.32. The average Bonchev–Trinajstić information content (AvgIpc) is 2.65. The van der Waals surface area contributed by atoms with Gasteiger partial charge >= 0.3 is 5.69 Å². The van der Waals surface area contributed by atoms with Crippen molar-refractivity contribution in [1.29, 1.82) is 0 Å². The largest absolute Gasteiger partial charge is 0.329 e. The van der Waals surface area contributed by atoms with Gasteiger partial charge in [-0.2, -0.15) is 5.10 Å². The maximum absolute atomic E-state index is 13.8. The van der Waals surface area contributed by atoms with Crippen LogP contribution >= 0.6 is 11.6 Å². The monoisotopic (exact) mass is 315 g/mol. The first-order chi connectivity index (χ1) is 9.81. The van der Waals surface area contributed by atoms with Gasteiger partial charge in [0.1, 0.15) is 17.2 Å². The fourth-order valence-electron chi connectivity index (χ4n) is 1.95. The quantitative estimate of drug-likeness (QED) is 0.635. The molecule has 21 heavy (non-hydrogen) atoms. The van der Waals surface area contributed by atoms with Crippen molar-refractivity contribution in [2.75, 3.05) is 0 Å². The van der Waals surface area contributed by atoms with Gasteiger partial charge < -0.3 is 0 Å². The number of hydrogen-bond acceptors (Lipinski definition) is 3. The number of hydrogen-bond donors (Lipinski definition) is 0. The molecule has 0 aliphatic carbocycles. The van der Waals surface area contributed by atoms with Crippen molar-refractivity contribution in [2.24, 2.45) is 5.92 Å². The zero-order chi connectivity index (χ0) is 15.7. The molecule has 0 saturated carbocycles. The molecule has 112 valence electrons. The number of halogens is 3. The van der Waals surface area contributed by atoms with E-state index in [0.29, 0.717) is 12.5 Å². The topological polar surface area (TPSA) is 61.0 Å². The number of nitrogens with zero attached hydrogens (tertiary/aromatic N) is 3. The van der Waals surface area contributed by atoms with Crippen molar-refractivity contribution in [1.82, 2.24) is 9.78 Å². The molecule has 8 heteroatoms. The first-order valence-corrected chi connectivity index (χ1v) is 6.56. The second-order valence-electron chi connectivity index (χ2n) is 4.95. The lowest BCUT2D eigenvalue weighted by molar-refractivity contribution is -0.385. The van der Waals surface area contributed by atoms with Crippen LogP contribution in [0.15, 0.2) is 18.2 Å². The van der Waals surface area contributed by atoms with Crippen LogP contribution in [0.5, 0.6) is 0 Å². The van der Waals surface area contributed by atoms with Gasteiger partial charge in [0.05, 0.1) is 4.92 Å². The van der Waals surface area contributed by atoms with Crippen LogP contribution in [0.4, 0.5) is 14.5 Å². The molecule has 0 fully saturated rings. The molecule has 0 bridgehead atoms. The van der Waals surface area contributed by atoms with Crippen molar-refractivity contribution in [3.8, 4) is 5.69 Å². The Morgan fingerprint density at radius 3 is 2.62 bits per heavy atom. The standard InChI is InChI=1S/C13H12ClF2N3O2/c1-7(2)5-10-12(19(20)21)13(14)18(17-10)11-4-3-8(15)6-9(11)16/h3-4,6-7H,5H2,1-2H3. The minimum Gasteiger partial charge on any atom is -0.258 e. The van der Waals surface area contributed by atoms with E-state index >= 15 is 0 Å². The number of aromatic nitrogens is 2. The zero-order valence-electron chi connectivity index (χ0n) is 11.3. The molecule has 0 aliphatic heterocycles. The summed E-state index contributed by atoms with van der Waals surface area (Å²) in [4.78, 5) is 10.5. The Hall–Kier alpha value is -2.02. The summed E-state index contributed by atoms with van der Waals surface area (Å²) in [6, 6.07) is 2.83. The van der Waals surface area contributed by atoms with Gasteiger partial charge in [0.15, 0.2) is 5.82 Å². The Labute approximate surface area is 124 Å². The number of nitro groups is 1. The summed E-state index contributed by atoms with van der Waals surface area (Å²) >= 11 is 5.95. The summed E-state index contributed by atoms with van der Waals surface area (Å²) in [5.74, 6) is -1.54. The fourth-order valence-corrected chi connectivity index (χ4v) is 2.26. The lowest BCUT2D eigenvalue weighted by atomic mass is 10.1. The van der Waals surface area contributed by atoms with Gasteiger partial charge in [-0.25, -0.2) is 13.5 Å². The SMILES string of the molecule is CC(C)Cc1nn(-c2ccc(F)cc2F)c(Cl)c1[N+](=O)[O-]. The first kappa shape index (κ1) is 15.4. The third kappa shape index (κ3) is 3.02. The summed E-state index contributed by atoms with van der Waals surface area (Å²) in [5.41, 5.74) is -0.322. The van der Waals surface area contributed by atoms with Gasteiger partial charge in [0.25, 0.3) is 0 Å². The van der Waals surface area contributed by atoms with E-state index in [9.17, 15) is 18.9 Å². The first-order valence-electron chi connectivity index (χ1n) is 6.18. The molecule has 0 atom stereocenters. The van der Waals surface area contributed by atoms with E-state index in [2.05, 4.69) is 5.10 Å². The maximum atomic E-state index is 13.8. The Morgan fingerprint density at radius 1 is 1.43 bits per heavy atom. The van der Waals surface area contributed by atoms with E-state index in [1.165, 1.54) is 0 Å². The minimum absolute atomic E-state index is 0.112. The summed E-state index contributed by atoms with van der Waals surface area (Å²) in [6.45, 7) is 3.74. The molecule has 5 nitrogen and oxygen atoms in total. The van der Waals surface area contributed by atoms with Crippen molar-refractivity contribution in [3.63, 3.8) is 0 Å². The van der Waals surface area contributed by atoms with Crippen LogP contribution in [0.2, 0.25) is 5.15 Å². The third-order valence-corrected chi connectivity index (χ3v) is 3.14. The molecule has 2 aromatic rings. The lowest BCUT2D eigenvalue weighted by Crippen LogP contribution is -2.02. The van der Waals surface area contributed by atoms with E-state index in [0.717, 1.165) is 16.8 Å². The smallest absolute Gasteiger partial charge is 0.258 e. The molecular weight excluding hydrogens is 304 g/mol. The maximum Gasteiger partial charge on any atom is 0.329 e. The molecule has 1 heterocycles. The number of rotatable bonds is 4. The Balaban J connectivity index is 2.62. The van der Waals surface area contributed by atoms with Gasteiger partial charge in [-0.05, 0) is 18.1 Å². The minimum atomic E-state index is -0.898. The van der Waals surface area contributed by atoms with Gasteiger partial charge in [-0.3, -0.25) is 10.1 Å². The normalized spacial score (nSPS) is 11.1. The van der Waals surface area contributed by atoms with Crippen molar-refractivity contribution in [2.45, 2.75) is 20.3 Å². The molecule has 1 aromatic carbocycles. The molecule has 0 saturated heterocycles. The van der Waals surface area contributed by atoms with E-state index in [4.69, 9.17) is 11.6 Å². The second-order valence-corrected chi connectivity index (χ2v) is 5.31. The molecule has 0 aliphatic rings. The van der Waals surface area contributed by atoms with Crippen molar-refractivity contribution >= 4 is 17.3 Å². The molecule has 2 rings (SSSR count). The Bertz CT molecular complexity index is 701. The van der Waals surface area contributed by atoms with E-state index in [-0.39, 0.29) is 28.1 Å². The second kappa shape index (κ2) is 5.77. The lowest BCUT2D eigenvalue weighted by Gasteiger charge is -2.04. The van der Waals surface area contributed by atoms with Gasteiger partial charge in [0.2, 0.25) is 5.15 Å². The van der Waals surface area contributed by atoms with Crippen molar-refractivity contribution < 1.29 is 13.7 Å². The average molecular weight is 316 g/mol. The highest BCUT2D eigenvalue weighted by Gasteiger charge is 2.28. The number of benzene rings is 1. The van der Waals surface area contributed by atoms with Crippen LogP contribution in [-0.4, -0.2) is 14.7 Å². The van der Waals surface area contributed by atoms with Crippen LogP contribution in [0, 0.1) is 27.7 Å². The van der Waals surface area contributed by atoms with Crippen LogP contribution in [-0.2, 0) is 6.42 Å². The third-order valence-electron chi connectivity index (χ3n) is 2.80. The predicted octanol–water partition coefficient (Wildman–Crippen LogP) is 3.91. The van der Waals surface area contributed by atoms with Crippen molar-refractivity contribution in [3.05, 3.63) is 50.8 Å². The molecule has 0 unspecified atom stereocenters. The molecule has 0 N–H and O–H groups in total.